The Morgan fingerprint density at radius 1 is 1.45 bits per heavy atom. The Morgan fingerprint density at radius 2 is 2.15 bits per heavy atom. The number of carbonyl (C=O) groups excluding carboxylic acids is 1. The molecular weight excluding hydrogens is 256 g/mol. The molecule has 5 heteroatoms. The molecule has 0 aromatic carbocycles. The van der Waals surface area contributed by atoms with Gasteiger partial charge in [-0.05, 0) is 38.8 Å². The molecule has 3 unspecified atom stereocenters. The van der Waals surface area contributed by atoms with Crippen molar-refractivity contribution in [3.8, 4) is 0 Å². The molecule has 118 valence electrons. The molecule has 1 aliphatic rings. The third-order valence-corrected chi connectivity index (χ3v) is 4.22. The fourth-order valence-electron chi connectivity index (χ4n) is 2.81. The van der Waals surface area contributed by atoms with Crippen LogP contribution in [0.2, 0.25) is 0 Å². The first-order valence-corrected chi connectivity index (χ1v) is 7.55. The molecule has 0 aliphatic carbocycles. The highest BCUT2D eigenvalue weighted by Gasteiger charge is 2.37. The molecule has 0 radical (unpaired) electrons. The molecule has 0 saturated carbocycles. The van der Waals surface area contributed by atoms with E-state index in [1.807, 2.05) is 6.92 Å². The van der Waals surface area contributed by atoms with Crippen LogP contribution in [-0.2, 0) is 14.3 Å². The Balaban J connectivity index is 2.67. The lowest BCUT2D eigenvalue weighted by atomic mass is 9.93. The average Bonchev–Trinajstić information content (AvgIpc) is 2.46. The van der Waals surface area contributed by atoms with Gasteiger partial charge in [0, 0.05) is 20.2 Å². The fourth-order valence-corrected chi connectivity index (χ4v) is 2.81. The van der Waals surface area contributed by atoms with Gasteiger partial charge in [-0.15, -0.1) is 0 Å². The quantitative estimate of drug-likeness (QED) is 0.714. The highest BCUT2D eigenvalue weighted by molar-refractivity contribution is 5.80. The maximum Gasteiger partial charge on any atom is 0.327 e. The monoisotopic (exact) mass is 286 g/mol. The van der Waals surface area contributed by atoms with E-state index < -0.39 is 5.54 Å². The van der Waals surface area contributed by atoms with Crippen molar-refractivity contribution in [2.45, 2.75) is 45.3 Å². The lowest BCUT2D eigenvalue weighted by Crippen LogP contribution is -2.59. The van der Waals surface area contributed by atoms with Gasteiger partial charge in [0.2, 0.25) is 0 Å². The van der Waals surface area contributed by atoms with Crippen molar-refractivity contribution in [2.24, 2.45) is 5.92 Å². The number of piperidine rings is 1. The zero-order valence-electron chi connectivity index (χ0n) is 13.6. The predicted octanol–water partition coefficient (Wildman–Crippen LogP) is 1.27. The average molecular weight is 286 g/mol. The Morgan fingerprint density at radius 3 is 2.70 bits per heavy atom. The van der Waals surface area contributed by atoms with Gasteiger partial charge in [0.05, 0.1) is 13.2 Å². The van der Waals surface area contributed by atoms with Crippen LogP contribution in [0.3, 0.4) is 0 Å². The molecule has 1 heterocycles. The number of nitrogens with one attached hydrogen (secondary N) is 1. The van der Waals surface area contributed by atoms with Gasteiger partial charge in [-0.2, -0.15) is 0 Å². The van der Waals surface area contributed by atoms with Crippen LogP contribution in [0.15, 0.2) is 0 Å². The van der Waals surface area contributed by atoms with Crippen LogP contribution in [-0.4, -0.2) is 62.9 Å². The first-order valence-electron chi connectivity index (χ1n) is 7.55. The van der Waals surface area contributed by atoms with Crippen LogP contribution in [0.5, 0.6) is 0 Å². The van der Waals surface area contributed by atoms with Crippen molar-refractivity contribution >= 4 is 5.97 Å². The van der Waals surface area contributed by atoms with E-state index in [0.717, 1.165) is 32.5 Å². The van der Waals surface area contributed by atoms with Gasteiger partial charge < -0.3 is 14.8 Å². The number of esters is 1. The van der Waals surface area contributed by atoms with Gasteiger partial charge in [-0.3, -0.25) is 9.69 Å². The van der Waals surface area contributed by atoms with Gasteiger partial charge in [0.15, 0.2) is 0 Å². The molecule has 3 atom stereocenters. The van der Waals surface area contributed by atoms with Crippen molar-refractivity contribution in [3.05, 3.63) is 0 Å². The van der Waals surface area contributed by atoms with Gasteiger partial charge >= 0.3 is 5.97 Å². The Bertz CT molecular complexity index is 311. The highest BCUT2D eigenvalue weighted by Crippen LogP contribution is 2.21. The van der Waals surface area contributed by atoms with Crippen molar-refractivity contribution in [2.75, 3.05) is 40.4 Å². The molecule has 0 aromatic rings. The molecular formula is C15H30N2O3. The Kier molecular flexibility index (Phi) is 6.92. The summed E-state index contributed by atoms with van der Waals surface area (Å²) in [5.74, 6) is 0.378. The summed E-state index contributed by atoms with van der Waals surface area (Å²) in [7, 11) is 3.21. The van der Waals surface area contributed by atoms with Crippen LogP contribution in [0.4, 0.5) is 0 Å². The number of hydrogen-bond acceptors (Lipinski definition) is 5. The molecule has 20 heavy (non-hydrogen) atoms. The van der Waals surface area contributed by atoms with E-state index in [4.69, 9.17) is 9.47 Å². The largest absolute Gasteiger partial charge is 0.468 e. The minimum absolute atomic E-state index is 0.196. The van der Waals surface area contributed by atoms with E-state index in [9.17, 15) is 4.79 Å². The second-order valence-corrected chi connectivity index (χ2v) is 6.03. The van der Waals surface area contributed by atoms with E-state index >= 15 is 0 Å². The third-order valence-electron chi connectivity index (χ3n) is 4.22. The summed E-state index contributed by atoms with van der Waals surface area (Å²) in [4.78, 5) is 14.4. The topological polar surface area (TPSA) is 50.8 Å². The third kappa shape index (κ3) is 4.43. The van der Waals surface area contributed by atoms with Crippen LogP contribution in [0.25, 0.3) is 0 Å². The van der Waals surface area contributed by atoms with Gasteiger partial charge in [0.1, 0.15) is 5.54 Å². The van der Waals surface area contributed by atoms with E-state index in [1.165, 1.54) is 7.11 Å². The SMILES string of the molecule is CCCNC(C)(CN1CCC(C)C(OC)C1)C(=O)OC. The fraction of sp³-hybridized carbons (Fsp3) is 0.933. The highest BCUT2D eigenvalue weighted by atomic mass is 16.5. The molecule has 0 bridgehead atoms. The van der Waals surface area contributed by atoms with Gasteiger partial charge in [0.25, 0.3) is 0 Å². The normalized spacial score (nSPS) is 27.1. The summed E-state index contributed by atoms with van der Waals surface area (Å²) >= 11 is 0. The predicted molar refractivity (Wildman–Crippen MR) is 79.7 cm³/mol. The van der Waals surface area contributed by atoms with Crippen molar-refractivity contribution < 1.29 is 14.3 Å². The summed E-state index contributed by atoms with van der Waals surface area (Å²) in [6.45, 7) is 9.58. The second kappa shape index (κ2) is 7.96. The lowest BCUT2D eigenvalue weighted by molar-refractivity contribution is -0.149. The van der Waals surface area contributed by atoms with Crippen LogP contribution in [0, 0.1) is 5.92 Å². The summed E-state index contributed by atoms with van der Waals surface area (Å²) in [6.07, 6.45) is 2.34. The number of carbonyl (C=O) groups is 1. The number of likely N-dealkylation sites (tertiary alicyclic amines) is 1. The lowest BCUT2D eigenvalue weighted by Gasteiger charge is -2.40. The zero-order valence-corrected chi connectivity index (χ0v) is 13.6. The van der Waals surface area contributed by atoms with E-state index in [2.05, 4.69) is 24.1 Å². The maximum atomic E-state index is 12.1. The number of rotatable bonds is 7. The minimum atomic E-state index is -0.649. The molecule has 0 spiro atoms. The van der Waals surface area contributed by atoms with Crippen LogP contribution < -0.4 is 5.32 Å². The van der Waals surface area contributed by atoms with E-state index in [-0.39, 0.29) is 12.1 Å². The first kappa shape index (κ1) is 17.4. The summed E-state index contributed by atoms with van der Waals surface area (Å²) in [5, 5.41) is 3.33. The molecule has 1 rings (SSSR count). The van der Waals surface area contributed by atoms with Crippen LogP contribution >= 0.6 is 0 Å². The smallest absolute Gasteiger partial charge is 0.327 e. The van der Waals surface area contributed by atoms with E-state index in [0.29, 0.717) is 12.5 Å². The standard InChI is InChI=1S/C15H30N2O3/c1-6-8-16-15(3,14(18)20-5)11-17-9-7-12(2)13(10-17)19-4/h12-13,16H,6-11H2,1-5H3. The summed E-state index contributed by atoms with van der Waals surface area (Å²) in [5.41, 5.74) is -0.649. The van der Waals surface area contributed by atoms with Crippen molar-refractivity contribution in [1.82, 2.24) is 10.2 Å². The number of methoxy groups -OCH3 is 2. The number of hydrogen-bond donors (Lipinski definition) is 1. The minimum Gasteiger partial charge on any atom is -0.468 e. The Hall–Kier alpha value is -0.650. The second-order valence-electron chi connectivity index (χ2n) is 6.03. The molecule has 0 amide bonds. The van der Waals surface area contributed by atoms with Crippen molar-refractivity contribution in [3.63, 3.8) is 0 Å². The molecule has 0 aromatic heterocycles. The molecule has 1 N–H and O–H groups in total. The van der Waals surface area contributed by atoms with Crippen LogP contribution in [0.1, 0.15) is 33.6 Å². The number of ether oxygens (including phenoxy) is 2. The molecule has 1 fully saturated rings. The molecule has 1 aliphatic heterocycles. The first-order chi connectivity index (χ1) is 9.46. The molecule has 5 nitrogen and oxygen atoms in total. The summed E-state index contributed by atoms with van der Waals surface area (Å²) < 4.78 is 10.5. The van der Waals surface area contributed by atoms with Gasteiger partial charge in [-0.1, -0.05) is 13.8 Å². The zero-order chi connectivity index (χ0) is 15.2. The number of nitrogens with zero attached hydrogens (tertiary/aromatic N) is 1. The van der Waals surface area contributed by atoms with Gasteiger partial charge in [-0.25, -0.2) is 0 Å². The summed E-state index contributed by atoms with van der Waals surface area (Å²) in [6, 6.07) is 0. The van der Waals surface area contributed by atoms with Crippen molar-refractivity contribution in [1.29, 1.82) is 0 Å². The van der Waals surface area contributed by atoms with E-state index in [1.54, 1.807) is 7.11 Å². The maximum absolute atomic E-state index is 12.1. The Labute approximate surface area is 123 Å². The molecule has 1 saturated heterocycles.